The zero-order chi connectivity index (χ0) is 14.4. The molecule has 1 aromatic carbocycles. The fourth-order valence-corrected chi connectivity index (χ4v) is 2.33. The summed E-state index contributed by atoms with van der Waals surface area (Å²) >= 11 is 0. The molecule has 1 fully saturated rings. The Hall–Kier alpha value is -2.11. The van der Waals surface area contributed by atoms with Crippen LogP contribution in [-0.2, 0) is 4.79 Å². The number of nitro benzene ring substituents is 1. The van der Waals surface area contributed by atoms with Crippen molar-refractivity contribution in [2.24, 2.45) is 0 Å². The van der Waals surface area contributed by atoms with Crippen molar-refractivity contribution < 1.29 is 14.5 Å². The molecule has 6 nitrogen and oxygen atoms in total. The van der Waals surface area contributed by atoms with Gasteiger partial charge in [0.2, 0.25) is 0 Å². The van der Waals surface area contributed by atoms with E-state index >= 15 is 0 Å². The number of rotatable bonds is 5. The number of non-ortho nitro benzene ring substituents is 1. The highest BCUT2D eigenvalue weighted by Crippen LogP contribution is 2.18. The van der Waals surface area contributed by atoms with Crippen molar-refractivity contribution >= 4 is 11.6 Å². The van der Waals surface area contributed by atoms with Gasteiger partial charge in [-0.1, -0.05) is 19.3 Å². The van der Waals surface area contributed by atoms with Crippen molar-refractivity contribution in [2.75, 3.05) is 6.61 Å². The van der Waals surface area contributed by atoms with Crippen molar-refractivity contribution in [1.82, 2.24) is 5.32 Å². The van der Waals surface area contributed by atoms with E-state index < -0.39 is 4.92 Å². The number of carbonyl (C=O) groups is 1. The lowest BCUT2D eigenvalue weighted by Crippen LogP contribution is -2.38. The predicted molar refractivity (Wildman–Crippen MR) is 73.6 cm³/mol. The molecule has 0 radical (unpaired) electrons. The number of hydrogen-bond acceptors (Lipinski definition) is 4. The Morgan fingerprint density at radius 2 is 1.90 bits per heavy atom. The largest absolute Gasteiger partial charge is 0.484 e. The number of benzene rings is 1. The van der Waals surface area contributed by atoms with E-state index in [1.54, 1.807) is 0 Å². The lowest BCUT2D eigenvalue weighted by Gasteiger charge is -2.22. The third-order valence-corrected chi connectivity index (χ3v) is 3.39. The van der Waals surface area contributed by atoms with Crippen LogP contribution in [0.3, 0.4) is 0 Å². The molecule has 0 aromatic heterocycles. The molecule has 0 heterocycles. The minimum atomic E-state index is -0.473. The van der Waals surface area contributed by atoms with E-state index in [1.165, 1.54) is 30.7 Å². The van der Waals surface area contributed by atoms with Gasteiger partial charge in [0, 0.05) is 18.2 Å². The highest BCUT2D eigenvalue weighted by molar-refractivity contribution is 5.77. The van der Waals surface area contributed by atoms with Crippen LogP contribution in [0, 0.1) is 10.1 Å². The van der Waals surface area contributed by atoms with Gasteiger partial charge in [0.15, 0.2) is 6.61 Å². The lowest BCUT2D eigenvalue weighted by molar-refractivity contribution is -0.384. The van der Waals surface area contributed by atoms with Crippen LogP contribution in [-0.4, -0.2) is 23.5 Å². The summed E-state index contributed by atoms with van der Waals surface area (Å²) in [6, 6.07) is 5.96. The Morgan fingerprint density at radius 1 is 1.25 bits per heavy atom. The average Bonchev–Trinajstić information content (AvgIpc) is 2.46. The summed E-state index contributed by atoms with van der Waals surface area (Å²) in [4.78, 5) is 21.7. The summed E-state index contributed by atoms with van der Waals surface area (Å²) in [5, 5.41) is 13.4. The maximum atomic E-state index is 11.7. The third kappa shape index (κ3) is 4.22. The van der Waals surface area contributed by atoms with Crippen LogP contribution >= 0.6 is 0 Å². The van der Waals surface area contributed by atoms with E-state index in [1.807, 2.05) is 0 Å². The monoisotopic (exact) mass is 278 g/mol. The van der Waals surface area contributed by atoms with Crippen molar-refractivity contribution in [3.8, 4) is 5.75 Å². The van der Waals surface area contributed by atoms with Gasteiger partial charge in [-0.2, -0.15) is 0 Å². The molecule has 1 saturated carbocycles. The zero-order valence-corrected chi connectivity index (χ0v) is 11.2. The molecule has 1 aliphatic carbocycles. The van der Waals surface area contributed by atoms with Crippen molar-refractivity contribution in [3.63, 3.8) is 0 Å². The minimum absolute atomic E-state index is 0.00371. The molecule has 0 spiro atoms. The van der Waals surface area contributed by atoms with Crippen LogP contribution in [0.5, 0.6) is 5.75 Å². The number of amides is 1. The van der Waals surface area contributed by atoms with Gasteiger partial charge < -0.3 is 10.1 Å². The van der Waals surface area contributed by atoms with E-state index in [4.69, 9.17) is 4.74 Å². The van der Waals surface area contributed by atoms with Gasteiger partial charge in [-0.05, 0) is 25.0 Å². The Kier molecular flexibility index (Phi) is 4.92. The second-order valence-corrected chi connectivity index (χ2v) is 4.94. The first-order valence-corrected chi connectivity index (χ1v) is 6.82. The first-order valence-electron chi connectivity index (χ1n) is 6.82. The average molecular weight is 278 g/mol. The van der Waals surface area contributed by atoms with E-state index in [2.05, 4.69) is 5.32 Å². The van der Waals surface area contributed by atoms with Crippen molar-refractivity contribution in [3.05, 3.63) is 34.4 Å². The number of nitro groups is 1. The molecule has 20 heavy (non-hydrogen) atoms. The summed E-state index contributed by atoms with van der Waals surface area (Å²) in [5.41, 5.74) is 0.00371. The lowest BCUT2D eigenvalue weighted by atomic mass is 9.95. The Labute approximate surface area is 117 Å². The first-order chi connectivity index (χ1) is 9.65. The summed E-state index contributed by atoms with van der Waals surface area (Å²) in [7, 11) is 0. The Bertz CT molecular complexity index is 467. The molecule has 1 amide bonds. The summed E-state index contributed by atoms with van der Waals surface area (Å²) in [6.45, 7) is -0.0612. The van der Waals surface area contributed by atoms with Gasteiger partial charge in [0.1, 0.15) is 5.75 Å². The first kappa shape index (κ1) is 14.3. The van der Waals surface area contributed by atoms with Crippen LogP contribution in [0.15, 0.2) is 24.3 Å². The SMILES string of the molecule is O=C(COc1ccc([N+](=O)[O-])cc1)NC1CCCCC1. The van der Waals surface area contributed by atoms with Gasteiger partial charge in [0.05, 0.1) is 4.92 Å². The predicted octanol–water partition coefficient (Wildman–Crippen LogP) is 2.42. The maximum Gasteiger partial charge on any atom is 0.269 e. The van der Waals surface area contributed by atoms with Gasteiger partial charge in [-0.15, -0.1) is 0 Å². The van der Waals surface area contributed by atoms with Crippen molar-refractivity contribution in [2.45, 2.75) is 38.1 Å². The van der Waals surface area contributed by atoms with E-state index in [0.29, 0.717) is 5.75 Å². The number of hydrogen-bond donors (Lipinski definition) is 1. The molecule has 0 bridgehead atoms. The maximum absolute atomic E-state index is 11.7. The minimum Gasteiger partial charge on any atom is -0.484 e. The third-order valence-electron chi connectivity index (χ3n) is 3.39. The highest BCUT2D eigenvalue weighted by atomic mass is 16.6. The number of carbonyl (C=O) groups excluding carboxylic acids is 1. The number of nitrogens with one attached hydrogen (secondary N) is 1. The van der Waals surface area contributed by atoms with Crippen LogP contribution in [0.25, 0.3) is 0 Å². The highest BCUT2D eigenvalue weighted by Gasteiger charge is 2.15. The molecule has 1 aromatic rings. The number of ether oxygens (including phenoxy) is 1. The van der Waals surface area contributed by atoms with Crippen LogP contribution < -0.4 is 10.1 Å². The van der Waals surface area contributed by atoms with Crippen LogP contribution in [0.2, 0.25) is 0 Å². The molecule has 0 atom stereocenters. The van der Waals surface area contributed by atoms with E-state index in [9.17, 15) is 14.9 Å². The fraction of sp³-hybridized carbons (Fsp3) is 0.500. The molecule has 1 N–H and O–H groups in total. The molecule has 108 valence electrons. The fourth-order valence-electron chi connectivity index (χ4n) is 2.33. The number of nitrogens with zero attached hydrogens (tertiary/aromatic N) is 1. The molecule has 0 aliphatic heterocycles. The molecule has 6 heteroatoms. The van der Waals surface area contributed by atoms with Crippen molar-refractivity contribution in [1.29, 1.82) is 0 Å². The van der Waals surface area contributed by atoms with Crippen LogP contribution in [0.4, 0.5) is 5.69 Å². The van der Waals surface area contributed by atoms with Crippen LogP contribution in [0.1, 0.15) is 32.1 Å². The van der Waals surface area contributed by atoms with E-state index in [0.717, 1.165) is 25.7 Å². The second kappa shape index (κ2) is 6.88. The molecule has 1 aliphatic rings. The zero-order valence-electron chi connectivity index (χ0n) is 11.2. The van der Waals surface area contributed by atoms with E-state index in [-0.39, 0.29) is 24.2 Å². The van der Waals surface area contributed by atoms with Gasteiger partial charge in [-0.3, -0.25) is 14.9 Å². The molecule has 2 rings (SSSR count). The topological polar surface area (TPSA) is 81.5 Å². The summed E-state index contributed by atoms with van der Waals surface area (Å²) < 4.78 is 5.31. The second-order valence-electron chi connectivity index (χ2n) is 4.94. The Balaban J connectivity index is 1.76. The molecule has 0 unspecified atom stereocenters. The molecular formula is C14H18N2O4. The summed E-state index contributed by atoms with van der Waals surface area (Å²) in [5.74, 6) is 0.310. The smallest absolute Gasteiger partial charge is 0.269 e. The standard InChI is InChI=1S/C14H18N2O4/c17-14(15-11-4-2-1-3-5-11)10-20-13-8-6-12(7-9-13)16(18)19/h6-9,11H,1-5,10H2,(H,15,17). The van der Waals surface area contributed by atoms with Gasteiger partial charge >= 0.3 is 0 Å². The molecular weight excluding hydrogens is 260 g/mol. The summed E-state index contributed by atoms with van der Waals surface area (Å²) in [6.07, 6.45) is 5.63. The van der Waals surface area contributed by atoms with Gasteiger partial charge in [0.25, 0.3) is 11.6 Å². The van der Waals surface area contributed by atoms with Gasteiger partial charge in [-0.25, -0.2) is 0 Å². The quantitative estimate of drug-likeness (QED) is 0.662. The Morgan fingerprint density at radius 3 is 2.50 bits per heavy atom. The normalized spacial score (nSPS) is 15.6. The molecule has 0 saturated heterocycles.